The van der Waals surface area contributed by atoms with Gasteiger partial charge in [-0.3, -0.25) is 10.1 Å². The van der Waals surface area contributed by atoms with Gasteiger partial charge in [-0.25, -0.2) is 4.39 Å². The lowest BCUT2D eigenvalue weighted by Crippen LogP contribution is -2.23. The van der Waals surface area contributed by atoms with Crippen LogP contribution in [-0.4, -0.2) is 36.0 Å². The lowest BCUT2D eigenvalue weighted by Gasteiger charge is -2.13. The number of nitro groups is 1. The molecule has 0 aromatic heterocycles. The molecule has 0 fully saturated rings. The van der Waals surface area contributed by atoms with Gasteiger partial charge in [0, 0.05) is 12.2 Å². The first-order valence-corrected chi connectivity index (χ1v) is 5.78. The Morgan fingerprint density at radius 2 is 2.16 bits per heavy atom. The normalized spacial score (nSPS) is 12.2. The molecule has 0 bridgehead atoms. The Hall–Kier alpha value is -1.73. The van der Waals surface area contributed by atoms with E-state index in [2.05, 4.69) is 0 Å². The first-order chi connectivity index (χ1) is 8.95. The third-order valence-electron chi connectivity index (χ3n) is 2.39. The maximum Gasteiger partial charge on any atom is 0.275 e. The molecule has 0 heterocycles. The number of benzene rings is 1. The molecule has 1 atom stereocenters. The van der Waals surface area contributed by atoms with E-state index >= 15 is 0 Å². The van der Waals surface area contributed by atoms with Crippen molar-refractivity contribution < 1.29 is 23.9 Å². The molecular weight excluding hydrogens is 257 g/mol. The molecule has 0 aliphatic carbocycles. The van der Waals surface area contributed by atoms with Gasteiger partial charge < -0.3 is 14.6 Å². The second-order valence-corrected chi connectivity index (χ2v) is 3.95. The van der Waals surface area contributed by atoms with Crippen molar-refractivity contribution in [1.29, 1.82) is 0 Å². The summed E-state index contributed by atoms with van der Waals surface area (Å²) >= 11 is 0. The monoisotopic (exact) mass is 273 g/mol. The summed E-state index contributed by atoms with van der Waals surface area (Å²) in [6, 6.07) is 2.04. The molecule has 1 aromatic rings. The minimum absolute atomic E-state index is 0.0874. The Kier molecular flexibility index (Phi) is 5.65. The van der Waals surface area contributed by atoms with Crippen molar-refractivity contribution in [2.45, 2.75) is 20.0 Å². The van der Waals surface area contributed by atoms with Crippen molar-refractivity contribution in [3.8, 4) is 5.75 Å². The number of aliphatic hydroxyl groups is 1. The average Bonchev–Trinajstić information content (AvgIpc) is 2.36. The van der Waals surface area contributed by atoms with Crippen molar-refractivity contribution in [1.82, 2.24) is 0 Å². The molecule has 1 rings (SSSR count). The molecule has 0 spiro atoms. The highest BCUT2D eigenvalue weighted by Gasteiger charge is 2.17. The highest BCUT2D eigenvalue weighted by atomic mass is 19.1. The lowest BCUT2D eigenvalue weighted by molar-refractivity contribution is -0.385. The van der Waals surface area contributed by atoms with E-state index < -0.39 is 16.8 Å². The van der Waals surface area contributed by atoms with Gasteiger partial charge in [0.2, 0.25) is 0 Å². The quantitative estimate of drug-likeness (QED) is 0.605. The highest BCUT2D eigenvalue weighted by Crippen LogP contribution is 2.27. The Labute approximate surface area is 109 Å². The molecule has 106 valence electrons. The molecule has 0 saturated heterocycles. The van der Waals surface area contributed by atoms with Crippen LogP contribution < -0.4 is 4.74 Å². The fourth-order valence-electron chi connectivity index (χ4n) is 1.44. The second-order valence-electron chi connectivity index (χ2n) is 3.95. The van der Waals surface area contributed by atoms with E-state index in [1.54, 1.807) is 6.92 Å². The van der Waals surface area contributed by atoms with Crippen molar-refractivity contribution in [2.24, 2.45) is 0 Å². The Morgan fingerprint density at radius 3 is 2.74 bits per heavy atom. The second kappa shape index (κ2) is 7.01. The van der Waals surface area contributed by atoms with Crippen LogP contribution in [0.25, 0.3) is 0 Å². The van der Waals surface area contributed by atoms with Crippen LogP contribution >= 0.6 is 0 Å². The number of nitro benzene ring substituents is 1. The number of nitrogens with zero attached hydrogens (tertiary/aromatic N) is 1. The highest BCUT2D eigenvalue weighted by molar-refractivity contribution is 5.45. The number of halogens is 1. The maximum absolute atomic E-state index is 13.6. The fourth-order valence-corrected chi connectivity index (χ4v) is 1.44. The van der Waals surface area contributed by atoms with Gasteiger partial charge in [0.25, 0.3) is 5.69 Å². The van der Waals surface area contributed by atoms with Crippen molar-refractivity contribution in [3.63, 3.8) is 0 Å². The molecule has 7 heteroatoms. The van der Waals surface area contributed by atoms with Crippen LogP contribution in [0.15, 0.2) is 12.1 Å². The van der Waals surface area contributed by atoms with Crippen LogP contribution in [0, 0.1) is 22.9 Å². The number of hydrogen-bond acceptors (Lipinski definition) is 5. The Balaban J connectivity index is 2.69. The van der Waals surface area contributed by atoms with Crippen LogP contribution in [0.1, 0.15) is 12.5 Å². The third kappa shape index (κ3) is 4.46. The van der Waals surface area contributed by atoms with Gasteiger partial charge >= 0.3 is 0 Å². The van der Waals surface area contributed by atoms with E-state index in [4.69, 9.17) is 9.47 Å². The SMILES string of the molecule is CCOC[C@H](O)COc1cc(C)c([N+](=O)[O-])cc1F. The van der Waals surface area contributed by atoms with E-state index in [-0.39, 0.29) is 24.7 Å². The number of rotatable bonds is 7. The molecule has 0 amide bonds. The van der Waals surface area contributed by atoms with Crippen LogP contribution in [0.4, 0.5) is 10.1 Å². The van der Waals surface area contributed by atoms with Crippen LogP contribution in [-0.2, 0) is 4.74 Å². The minimum Gasteiger partial charge on any atom is -0.488 e. The zero-order valence-electron chi connectivity index (χ0n) is 10.8. The van der Waals surface area contributed by atoms with E-state index in [0.29, 0.717) is 12.2 Å². The lowest BCUT2D eigenvalue weighted by atomic mass is 10.2. The smallest absolute Gasteiger partial charge is 0.275 e. The average molecular weight is 273 g/mol. The summed E-state index contributed by atoms with van der Waals surface area (Å²) in [7, 11) is 0. The molecule has 19 heavy (non-hydrogen) atoms. The Morgan fingerprint density at radius 1 is 1.47 bits per heavy atom. The largest absolute Gasteiger partial charge is 0.488 e. The summed E-state index contributed by atoms with van der Waals surface area (Å²) < 4.78 is 23.6. The van der Waals surface area contributed by atoms with Crippen molar-refractivity contribution >= 4 is 5.69 Å². The van der Waals surface area contributed by atoms with Gasteiger partial charge in [-0.2, -0.15) is 0 Å². The molecule has 0 saturated carbocycles. The van der Waals surface area contributed by atoms with Gasteiger partial charge in [0.15, 0.2) is 11.6 Å². The number of aryl methyl sites for hydroxylation is 1. The Bertz CT molecular complexity index is 452. The molecule has 0 unspecified atom stereocenters. The van der Waals surface area contributed by atoms with Crippen LogP contribution in [0.2, 0.25) is 0 Å². The molecule has 0 aliphatic heterocycles. The predicted octanol–water partition coefficient (Wildman–Crippen LogP) is 1.82. The van der Waals surface area contributed by atoms with Gasteiger partial charge in [-0.15, -0.1) is 0 Å². The predicted molar refractivity (Wildman–Crippen MR) is 65.8 cm³/mol. The van der Waals surface area contributed by atoms with E-state index in [9.17, 15) is 19.6 Å². The van der Waals surface area contributed by atoms with Crippen molar-refractivity contribution in [2.75, 3.05) is 19.8 Å². The number of aliphatic hydroxyl groups excluding tert-OH is 1. The molecule has 0 aliphatic rings. The summed E-state index contributed by atoms with van der Waals surface area (Å²) in [4.78, 5) is 9.95. The topological polar surface area (TPSA) is 81.8 Å². The van der Waals surface area contributed by atoms with E-state index in [1.807, 2.05) is 0 Å². The van der Waals surface area contributed by atoms with Gasteiger partial charge in [-0.05, 0) is 19.9 Å². The van der Waals surface area contributed by atoms with Crippen molar-refractivity contribution in [3.05, 3.63) is 33.6 Å². The molecule has 6 nitrogen and oxygen atoms in total. The van der Waals surface area contributed by atoms with Crippen LogP contribution in [0.5, 0.6) is 5.75 Å². The van der Waals surface area contributed by atoms with Crippen LogP contribution in [0.3, 0.4) is 0 Å². The van der Waals surface area contributed by atoms with Gasteiger partial charge in [0.1, 0.15) is 12.7 Å². The first-order valence-electron chi connectivity index (χ1n) is 5.78. The van der Waals surface area contributed by atoms with E-state index in [1.165, 1.54) is 13.0 Å². The third-order valence-corrected chi connectivity index (χ3v) is 2.39. The molecular formula is C12H16FNO5. The van der Waals surface area contributed by atoms with E-state index in [0.717, 1.165) is 6.07 Å². The summed E-state index contributed by atoms with van der Waals surface area (Å²) in [5, 5.41) is 20.1. The summed E-state index contributed by atoms with van der Waals surface area (Å²) in [5.74, 6) is -0.959. The van der Waals surface area contributed by atoms with Gasteiger partial charge in [-0.1, -0.05) is 0 Å². The molecule has 1 aromatic carbocycles. The zero-order chi connectivity index (χ0) is 14.4. The zero-order valence-corrected chi connectivity index (χ0v) is 10.8. The summed E-state index contributed by atoms with van der Waals surface area (Å²) in [6.07, 6.45) is -0.880. The minimum atomic E-state index is -0.880. The summed E-state index contributed by atoms with van der Waals surface area (Å²) in [5.41, 5.74) is -0.0135. The first kappa shape index (κ1) is 15.3. The van der Waals surface area contributed by atoms with Gasteiger partial charge in [0.05, 0.1) is 17.6 Å². The summed E-state index contributed by atoms with van der Waals surface area (Å²) in [6.45, 7) is 3.67. The standard InChI is InChI=1S/C12H16FNO5/c1-3-18-6-9(15)7-19-12-4-8(2)11(14(16)17)5-10(12)13/h4-5,9,15H,3,6-7H2,1-2H3/t9-/m0/s1. The molecule has 0 radical (unpaired) electrons. The fraction of sp³-hybridized carbons (Fsp3) is 0.500. The number of hydrogen-bond donors (Lipinski definition) is 1. The molecule has 1 N–H and O–H groups in total. The number of ether oxygens (including phenoxy) is 2. The maximum atomic E-state index is 13.6.